The molecule has 156 valence electrons. The van der Waals surface area contributed by atoms with Crippen LogP contribution in [-0.2, 0) is 9.53 Å². The Morgan fingerprint density at radius 1 is 1.16 bits per heavy atom. The second-order valence-electron chi connectivity index (χ2n) is 6.91. The van der Waals surface area contributed by atoms with Gasteiger partial charge in [-0.05, 0) is 30.7 Å². The lowest BCUT2D eigenvalue weighted by atomic mass is 10.0. The normalized spacial score (nSPS) is 11.9. The molecule has 0 amide bonds. The molecule has 0 bridgehead atoms. The maximum atomic E-state index is 12.3. The number of methoxy groups -OCH3 is 2. The van der Waals surface area contributed by atoms with Crippen LogP contribution in [-0.4, -0.2) is 35.0 Å². The van der Waals surface area contributed by atoms with Crippen molar-refractivity contribution >= 4 is 39.5 Å². The van der Waals surface area contributed by atoms with Crippen molar-refractivity contribution in [2.75, 3.05) is 14.2 Å². The third kappa shape index (κ3) is 3.71. The highest BCUT2D eigenvalue weighted by molar-refractivity contribution is 8.00. The van der Waals surface area contributed by atoms with Crippen molar-refractivity contribution < 1.29 is 14.3 Å². The number of carbonyl (C=O) groups is 1. The van der Waals surface area contributed by atoms with Crippen LogP contribution in [0, 0.1) is 11.3 Å². The molecule has 0 aliphatic carbocycles. The summed E-state index contributed by atoms with van der Waals surface area (Å²) in [5.74, 6) is 0.423. The van der Waals surface area contributed by atoms with Crippen LogP contribution in [0.15, 0.2) is 59.8 Å². The molecule has 1 heterocycles. The van der Waals surface area contributed by atoms with E-state index in [1.165, 1.54) is 18.9 Å². The minimum atomic E-state index is -0.382. The Bertz CT molecular complexity index is 1320. The number of carbonyl (C=O) groups excluding carboxylic acids is 1. The average Bonchev–Trinajstić information content (AvgIpc) is 3.17. The van der Waals surface area contributed by atoms with Crippen molar-refractivity contribution in [2.24, 2.45) is 0 Å². The zero-order valence-corrected chi connectivity index (χ0v) is 18.3. The van der Waals surface area contributed by atoms with E-state index < -0.39 is 0 Å². The van der Waals surface area contributed by atoms with E-state index in [4.69, 9.17) is 14.5 Å². The zero-order valence-electron chi connectivity index (χ0n) is 17.5. The van der Waals surface area contributed by atoms with Crippen LogP contribution in [0.25, 0.3) is 27.5 Å². The summed E-state index contributed by atoms with van der Waals surface area (Å²) >= 11 is 1.37. The van der Waals surface area contributed by atoms with Crippen LogP contribution in [0.2, 0.25) is 0 Å². The van der Waals surface area contributed by atoms with Crippen LogP contribution < -0.4 is 4.74 Å². The molecule has 0 spiro atoms. The maximum absolute atomic E-state index is 12.3. The van der Waals surface area contributed by atoms with E-state index in [1.807, 2.05) is 66.1 Å². The van der Waals surface area contributed by atoms with Crippen molar-refractivity contribution in [3.63, 3.8) is 0 Å². The average molecular weight is 432 g/mol. The van der Waals surface area contributed by atoms with Gasteiger partial charge in [0, 0.05) is 16.8 Å². The lowest BCUT2D eigenvalue weighted by Gasteiger charge is -2.16. The Hall–Kier alpha value is -3.50. The number of rotatable bonds is 6. The molecule has 31 heavy (non-hydrogen) atoms. The molecule has 3 aromatic carbocycles. The summed E-state index contributed by atoms with van der Waals surface area (Å²) in [7, 11) is 3.01. The van der Waals surface area contributed by atoms with Gasteiger partial charge in [0.2, 0.25) is 0 Å². The predicted molar refractivity (Wildman–Crippen MR) is 122 cm³/mol. The van der Waals surface area contributed by atoms with Gasteiger partial charge in [-0.25, -0.2) is 4.98 Å². The standard InChI is InChI=1S/C24H21N3O3S/c1-4-22(23(28)30-3)31-24-26-19-13-16(29-2)10-12-21(19)27(24)20-11-9-15(14-25)17-7-5-6-8-18(17)20/h5-13,22H,4H2,1-3H3. The van der Waals surface area contributed by atoms with Crippen molar-refractivity contribution in [3.05, 3.63) is 60.2 Å². The van der Waals surface area contributed by atoms with Crippen LogP contribution in [0.5, 0.6) is 5.75 Å². The molecule has 6 nitrogen and oxygen atoms in total. The second kappa shape index (κ2) is 8.70. The topological polar surface area (TPSA) is 77.1 Å². The number of imidazole rings is 1. The fourth-order valence-corrected chi connectivity index (χ4v) is 4.68. The summed E-state index contributed by atoms with van der Waals surface area (Å²) in [6, 6.07) is 19.5. The number of nitriles is 1. The van der Waals surface area contributed by atoms with Crippen molar-refractivity contribution in [2.45, 2.75) is 23.8 Å². The third-order valence-corrected chi connectivity index (χ3v) is 6.47. The van der Waals surface area contributed by atoms with Crippen LogP contribution >= 0.6 is 11.8 Å². The first kappa shape index (κ1) is 20.8. The SMILES string of the molecule is CCC(Sc1nc2cc(OC)ccc2n1-c1ccc(C#N)c2ccccc12)C(=O)OC. The fourth-order valence-electron chi connectivity index (χ4n) is 3.61. The van der Waals surface area contributed by atoms with Crippen LogP contribution in [0.3, 0.4) is 0 Å². The van der Waals surface area contributed by atoms with Gasteiger partial charge >= 0.3 is 5.97 Å². The molecule has 0 fully saturated rings. The molecule has 1 aromatic heterocycles. The quantitative estimate of drug-likeness (QED) is 0.312. The molecule has 1 unspecified atom stereocenters. The van der Waals surface area contributed by atoms with Crippen molar-refractivity contribution in [1.29, 1.82) is 5.26 Å². The largest absolute Gasteiger partial charge is 0.497 e. The summed E-state index contributed by atoms with van der Waals surface area (Å²) < 4.78 is 12.4. The maximum Gasteiger partial charge on any atom is 0.319 e. The summed E-state index contributed by atoms with van der Waals surface area (Å²) in [5, 5.41) is 11.6. The van der Waals surface area contributed by atoms with Crippen LogP contribution in [0.1, 0.15) is 18.9 Å². The first-order chi connectivity index (χ1) is 15.1. The summed E-state index contributed by atoms with van der Waals surface area (Å²) in [6.45, 7) is 1.95. The zero-order chi connectivity index (χ0) is 22.0. The van der Waals surface area contributed by atoms with Crippen LogP contribution in [0.4, 0.5) is 0 Å². The summed E-state index contributed by atoms with van der Waals surface area (Å²) in [6.07, 6.45) is 0.609. The predicted octanol–water partition coefficient (Wildman–Crippen LogP) is 5.10. The molecule has 1 atom stereocenters. The molecule has 0 radical (unpaired) electrons. The molecule has 4 aromatic rings. The lowest BCUT2D eigenvalue weighted by Crippen LogP contribution is -2.18. The monoisotopic (exact) mass is 431 g/mol. The molecule has 7 heteroatoms. The second-order valence-corrected chi connectivity index (χ2v) is 8.08. The minimum absolute atomic E-state index is 0.284. The number of ether oxygens (including phenoxy) is 2. The fraction of sp³-hybridized carbons (Fsp3) is 0.208. The number of aromatic nitrogens is 2. The molecule has 0 aliphatic rings. The minimum Gasteiger partial charge on any atom is -0.497 e. The number of thioether (sulfide) groups is 1. The Morgan fingerprint density at radius 3 is 2.61 bits per heavy atom. The molecule has 0 saturated carbocycles. The number of fused-ring (bicyclic) bond motifs is 2. The number of hydrogen-bond donors (Lipinski definition) is 0. The molecule has 0 saturated heterocycles. The first-order valence-corrected chi connectivity index (χ1v) is 10.7. The van der Waals surface area contributed by atoms with E-state index in [1.54, 1.807) is 7.11 Å². The van der Waals surface area contributed by atoms with E-state index in [0.29, 0.717) is 22.9 Å². The first-order valence-electron chi connectivity index (χ1n) is 9.84. The van der Waals surface area contributed by atoms with E-state index in [2.05, 4.69) is 6.07 Å². The highest BCUT2D eigenvalue weighted by atomic mass is 32.2. The van der Waals surface area contributed by atoms with Gasteiger partial charge in [0.1, 0.15) is 11.0 Å². The highest BCUT2D eigenvalue weighted by Crippen LogP contribution is 2.36. The van der Waals surface area contributed by atoms with E-state index in [0.717, 1.165) is 27.5 Å². The van der Waals surface area contributed by atoms with Gasteiger partial charge in [-0.3, -0.25) is 9.36 Å². The molecule has 4 rings (SSSR count). The summed E-state index contributed by atoms with van der Waals surface area (Å²) in [4.78, 5) is 17.1. The third-order valence-electron chi connectivity index (χ3n) is 5.18. The number of benzene rings is 3. The van der Waals surface area contributed by atoms with Gasteiger partial charge in [-0.2, -0.15) is 5.26 Å². The molecular formula is C24H21N3O3S. The highest BCUT2D eigenvalue weighted by Gasteiger charge is 2.24. The number of esters is 1. The van der Waals surface area contributed by atoms with E-state index in [-0.39, 0.29) is 11.2 Å². The summed E-state index contributed by atoms with van der Waals surface area (Å²) in [5.41, 5.74) is 3.15. The molecular weight excluding hydrogens is 410 g/mol. The Labute approximate surface area is 184 Å². The van der Waals surface area contributed by atoms with Gasteiger partial charge in [-0.1, -0.05) is 43.0 Å². The smallest absolute Gasteiger partial charge is 0.319 e. The Balaban J connectivity index is 2.00. The van der Waals surface area contributed by atoms with E-state index in [9.17, 15) is 10.1 Å². The van der Waals surface area contributed by atoms with Crippen molar-refractivity contribution in [3.8, 4) is 17.5 Å². The lowest BCUT2D eigenvalue weighted by molar-refractivity contribution is -0.140. The van der Waals surface area contributed by atoms with Crippen molar-refractivity contribution in [1.82, 2.24) is 9.55 Å². The van der Waals surface area contributed by atoms with Gasteiger partial charge in [0.25, 0.3) is 0 Å². The Morgan fingerprint density at radius 2 is 1.94 bits per heavy atom. The number of hydrogen-bond acceptors (Lipinski definition) is 6. The Kier molecular flexibility index (Phi) is 5.83. The molecule has 0 N–H and O–H groups in total. The van der Waals surface area contributed by atoms with E-state index >= 15 is 0 Å². The van der Waals surface area contributed by atoms with Gasteiger partial charge in [-0.15, -0.1) is 0 Å². The number of nitrogens with zero attached hydrogens (tertiary/aromatic N) is 3. The van der Waals surface area contributed by atoms with Gasteiger partial charge in [0.15, 0.2) is 5.16 Å². The molecule has 0 aliphatic heterocycles. The van der Waals surface area contributed by atoms with Gasteiger partial charge in [0.05, 0.1) is 42.6 Å². The van der Waals surface area contributed by atoms with Gasteiger partial charge < -0.3 is 9.47 Å².